The molecule has 3 N–H and O–H groups in total. The number of carbonyl (C=O) groups excluding carboxylic acids is 1. The Balaban J connectivity index is 1.99. The topological polar surface area (TPSA) is 45.7 Å². The van der Waals surface area contributed by atoms with Crippen LogP contribution in [0.2, 0.25) is 0 Å². The minimum absolute atomic E-state index is 0.0624. The Morgan fingerprint density at radius 2 is 1.74 bits per heavy atom. The summed E-state index contributed by atoms with van der Waals surface area (Å²) in [4.78, 5) is 12.2. The molecule has 0 aliphatic carbocycles. The van der Waals surface area contributed by atoms with Crippen LogP contribution in [0.25, 0.3) is 0 Å². The highest BCUT2D eigenvalue weighted by Crippen LogP contribution is 2.22. The summed E-state index contributed by atoms with van der Waals surface area (Å²) in [5.41, 5.74) is 2.16. The van der Waals surface area contributed by atoms with Crippen LogP contribution in [-0.2, 0) is 5.41 Å². The number of quaternary nitrogens is 1. The molecule has 2 rings (SSSR count). The van der Waals surface area contributed by atoms with Crippen molar-refractivity contribution < 1.29 is 10.1 Å². The van der Waals surface area contributed by atoms with Crippen molar-refractivity contribution in [3.63, 3.8) is 0 Å². The van der Waals surface area contributed by atoms with Crippen LogP contribution in [0.4, 0.5) is 0 Å². The van der Waals surface area contributed by atoms with E-state index in [1.165, 1.54) is 5.56 Å². The summed E-state index contributed by atoms with van der Waals surface area (Å²) in [7, 11) is 0. The lowest BCUT2D eigenvalue weighted by atomic mass is 9.86. The summed E-state index contributed by atoms with van der Waals surface area (Å²) in [6, 6.07) is 8.34. The fraction of sp³-hybridized carbons (Fsp3) is 0.562. The molecule has 19 heavy (non-hydrogen) atoms. The second kappa shape index (κ2) is 5.74. The molecule has 1 heterocycles. The fourth-order valence-electron chi connectivity index (χ4n) is 2.46. The van der Waals surface area contributed by atoms with E-state index in [2.05, 4.69) is 43.5 Å². The zero-order valence-corrected chi connectivity index (χ0v) is 12.2. The summed E-state index contributed by atoms with van der Waals surface area (Å²) >= 11 is 0. The highest BCUT2D eigenvalue weighted by atomic mass is 16.1. The summed E-state index contributed by atoms with van der Waals surface area (Å²) in [6.07, 6.45) is 2.15. The smallest absolute Gasteiger partial charge is 0.251 e. The number of nitrogens with one attached hydrogen (secondary N) is 1. The van der Waals surface area contributed by atoms with Crippen molar-refractivity contribution in [3.8, 4) is 0 Å². The molecular weight excluding hydrogens is 236 g/mol. The molecule has 0 atom stereocenters. The van der Waals surface area contributed by atoms with E-state index >= 15 is 0 Å². The normalized spacial score (nSPS) is 17.2. The van der Waals surface area contributed by atoms with Gasteiger partial charge in [-0.25, -0.2) is 0 Å². The average molecular weight is 261 g/mol. The minimum atomic E-state index is 0.0624. The molecule has 1 amide bonds. The zero-order valence-electron chi connectivity index (χ0n) is 12.2. The molecular formula is C16H25N2O+. The van der Waals surface area contributed by atoms with E-state index in [4.69, 9.17) is 0 Å². The van der Waals surface area contributed by atoms with Crippen LogP contribution in [0.3, 0.4) is 0 Å². The minimum Gasteiger partial charge on any atom is -0.349 e. The molecule has 3 heteroatoms. The molecule has 0 saturated carbocycles. The van der Waals surface area contributed by atoms with Gasteiger partial charge in [0.25, 0.3) is 5.91 Å². The number of piperidine rings is 1. The molecule has 0 bridgehead atoms. The number of hydrogen-bond donors (Lipinski definition) is 2. The second-order valence-electron chi connectivity index (χ2n) is 6.44. The Morgan fingerprint density at radius 3 is 2.26 bits per heavy atom. The Morgan fingerprint density at radius 1 is 1.16 bits per heavy atom. The lowest BCUT2D eigenvalue weighted by Crippen LogP contribution is -2.87. The van der Waals surface area contributed by atoms with Crippen LogP contribution in [-0.4, -0.2) is 25.0 Å². The second-order valence-corrected chi connectivity index (χ2v) is 6.44. The van der Waals surface area contributed by atoms with E-state index in [0.29, 0.717) is 6.04 Å². The third kappa shape index (κ3) is 3.80. The van der Waals surface area contributed by atoms with Gasteiger partial charge in [0.15, 0.2) is 0 Å². The number of hydrogen-bond acceptors (Lipinski definition) is 1. The number of rotatable bonds is 2. The molecule has 0 radical (unpaired) electrons. The van der Waals surface area contributed by atoms with Crippen molar-refractivity contribution >= 4 is 5.91 Å². The molecule has 1 aromatic rings. The van der Waals surface area contributed by atoms with E-state index < -0.39 is 0 Å². The molecule has 104 valence electrons. The third-order valence-electron chi connectivity index (χ3n) is 3.79. The molecule has 0 unspecified atom stereocenters. The highest BCUT2D eigenvalue weighted by molar-refractivity contribution is 5.94. The van der Waals surface area contributed by atoms with Crippen molar-refractivity contribution in [1.29, 1.82) is 0 Å². The van der Waals surface area contributed by atoms with Crippen molar-refractivity contribution in [2.45, 2.75) is 45.1 Å². The van der Waals surface area contributed by atoms with Crippen LogP contribution in [0.15, 0.2) is 24.3 Å². The van der Waals surface area contributed by atoms with Gasteiger partial charge in [-0.1, -0.05) is 32.9 Å². The SMILES string of the molecule is CC(C)(C)c1ccc(C(=O)NC2CC[NH2+]CC2)cc1. The van der Waals surface area contributed by atoms with E-state index in [0.717, 1.165) is 31.5 Å². The maximum atomic E-state index is 12.2. The van der Waals surface area contributed by atoms with Gasteiger partial charge in [-0.3, -0.25) is 4.79 Å². The van der Waals surface area contributed by atoms with Crippen LogP contribution < -0.4 is 10.6 Å². The van der Waals surface area contributed by atoms with Gasteiger partial charge in [-0.15, -0.1) is 0 Å². The number of carbonyl (C=O) groups is 1. The van der Waals surface area contributed by atoms with Crippen molar-refractivity contribution in [2.24, 2.45) is 0 Å². The summed E-state index contributed by atoms with van der Waals surface area (Å²) in [5, 5.41) is 5.44. The number of nitrogens with two attached hydrogens (primary N) is 1. The van der Waals surface area contributed by atoms with Gasteiger partial charge in [0.2, 0.25) is 0 Å². The lowest BCUT2D eigenvalue weighted by Gasteiger charge is -2.22. The van der Waals surface area contributed by atoms with Gasteiger partial charge in [0.1, 0.15) is 0 Å². The Hall–Kier alpha value is -1.35. The van der Waals surface area contributed by atoms with Crippen molar-refractivity contribution in [2.75, 3.05) is 13.1 Å². The van der Waals surface area contributed by atoms with Crippen LogP contribution in [0.1, 0.15) is 49.5 Å². The van der Waals surface area contributed by atoms with Crippen LogP contribution in [0.5, 0.6) is 0 Å². The Kier molecular flexibility index (Phi) is 4.25. The Labute approximate surface area is 115 Å². The summed E-state index contributed by atoms with van der Waals surface area (Å²) < 4.78 is 0. The lowest BCUT2D eigenvalue weighted by molar-refractivity contribution is -0.663. The van der Waals surface area contributed by atoms with Gasteiger partial charge < -0.3 is 10.6 Å². The molecule has 1 aromatic carbocycles. The molecule has 0 aromatic heterocycles. The van der Waals surface area contributed by atoms with E-state index in [9.17, 15) is 4.79 Å². The molecule has 1 saturated heterocycles. The predicted octanol–water partition coefficient (Wildman–Crippen LogP) is 1.44. The summed E-state index contributed by atoms with van der Waals surface area (Å²) in [6.45, 7) is 8.78. The summed E-state index contributed by atoms with van der Waals surface area (Å²) in [5.74, 6) is 0.0624. The Bertz CT molecular complexity index is 425. The quantitative estimate of drug-likeness (QED) is 0.831. The first-order chi connectivity index (χ1) is 8.97. The van der Waals surface area contributed by atoms with Crippen LogP contribution >= 0.6 is 0 Å². The van der Waals surface area contributed by atoms with E-state index in [1.807, 2.05) is 12.1 Å². The predicted molar refractivity (Wildman–Crippen MR) is 77.3 cm³/mol. The standard InChI is InChI=1S/C16H24N2O/c1-16(2,3)13-6-4-12(5-7-13)15(19)18-14-8-10-17-11-9-14/h4-7,14,17H,8-11H2,1-3H3,(H,18,19)/p+1. The van der Waals surface area contributed by atoms with Gasteiger partial charge >= 0.3 is 0 Å². The van der Waals surface area contributed by atoms with Gasteiger partial charge in [-0.2, -0.15) is 0 Å². The highest BCUT2D eigenvalue weighted by Gasteiger charge is 2.19. The molecule has 1 fully saturated rings. The fourth-order valence-corrected chi connectivity index (χ4v) is 2.46. The first-order valence-corrected chi connectivity index (χ1v) is 7.20. The van der Waals surface area contributed by atoms with Crippen molar-refractivity contribution in [1.82, 2.24) is 5.32 Å². The molecule has 1 aliphatic heterocycles. The monoisotopic (exact) mass is 261 g/mol. The van der Waals surface area contributed by atoms with Gasteiger partial charge in [0, 0.05) is 24.4 Å². The van der Waals surface area contributed by atoms with Crippen LogP contribution in [0, 0.1) is 0 Å². The third-order valence-corrected chi connectivity index (χ3v) is 3.79. The largest absolute Gasteiger partial charge is 0.349 e. The van der Waals surface area contributed by atoms with Gasteiger partial charge in [0.05, 0.1) is 13.1 Å². The van der Waals surface area contributed by atoms with Crippen molar-refractivity contribution in [3.05, 3.63) is 35.4 Å². The number of benzene rings is 1. The first-order valence-electron chi connectivity index (χ1n) is 7.20. The maximum Gasteiger partial charge on any atom is 0.251 e. The molecule has 3 nitrogen and oxygen atoms in total. The number of amides is 1. The van der Waals surface area contributed by atoms with E-state index in [1.54, 1.807) is 0 Å². The molecule has 1 aliphatic rings. The maximum absolute atomic E-state index is 12.2. The molecule has 0 spiro atoms. The average Bonchev–Trinajstić information content (AvgIpc) is 2.39. The first kappa shape index (κ1) is 14.1. The zero-order chi connectivity index (χ0) is 13.9. The van der Waals surface area contributed by atoms with E-state index in [-0.39, 0.29) is 11.3 Å². The van der Waals surface area contributed by atoms with Gasteiger partial charge in [-0.05, 0) is 23.1 Å².